The fourth-order valence-corrected chi connectivity index (χ4v) is 3.83. The highest BCUT2D eigenvalue weighted by molar-refractivity contribution is 7.17. The molecule has 0 atom stereocenters. The van der Waals surface area contributed by atoms with Gasteiger partial charge in [0.1, 0.15) is 11.1 Å². The minimum atomic E-state index is -0.0683. The number of hydrogen-bond acceptors (Lipinski definition) is 3. The van der Waals surface area contributed by atoms with Gasteiger partial charge >= 0.3 is 0 Å². The van der Waals surface area contributed by atoms with Crippen LogP contribution in [-0.4, -0.2) is 5.91 Å². The maximum atomic E-state index is 12.3. The first kappa shape index (κ1) is 16.9. The van der Waals surface area contributed by atoms with Crippen molar-refractivity contribution in [2.24, 2.45) is 0 Å². The average Bonchev–Trinajstić information content (AvgIpc) is 2.96. The lowest BCUT2D eigenvalue weighted by Gasteiger charge is -2.05. The van der Waals surface area contributed by atoms with Crippen LogP contribution >= 0.6 is 11.3 Å². The standard InChI is InChI=1S/C21H18N2OS/c1-15-20(17-10-6-3-7-11-17)18(14-22)21(25-15)23-19(24)13-12-16-8-4-2-5-9-16/h2-11H,12-13H2,1H3,(H,23,24). The lowest BCUT2D eigenvalue weighted by atomic mass is 10.0. The Kier molecular flexibility index (Phi) is 5.27. The monoisotopic (exact) mass is 346 g/mol. The van der Waals surface area contributed by atoms with Crippen molar-refractivity contribution in [2.45, 2.75) is 19.8 Å². The van der Waals surface area contributed by atoms with Crippen molar-refractivity contribution >= 4 is 22.2 Å². The van der Waals surface area contributed by atoms with E-state index in [0.29, 0.717) is 23.4 Å². The topological polar surface area (TPSA) is 52.9 Å². The quantitative estimate of drug-likeness (QED) is 0.693. The van der Waals surface area contributed by atoms with E-state index in [1.807, 2.05) is 67.6 Å². The van der Waals surface area contributed by atoms with Gasteiger partial charge in [-0.05, 0) is 24.5 Å². The van der Waals surface area contributed by atoms with E-state index in [2.05, 4.69) is 11.4 Å². The van der Waals surface area contributed by atoms with Gasteiger partial charge in [-0.25, -0.2) is 0 Å². The third kappa shape index (κ3) is 3.96. The van der Waals surface area contributed by atoms with E-state index in [-0.39, 0.29) is 5.91 Å². The Balaban J connectivity index is 1.77. The minimum absolute atomic E-state index is 0.0683. The van der Waals surface area contributed by atoms with Gasteiger partial charge < -0.3 is 5.32 Å². The van der Waals surface area contributed by atoms with Gasteiger partial charge in [0, 0.05) is 16.9 Å². The summed E-state index contributed by atoms with van der Waals surface area (Å²) in [6.45, 7) is 1.98. The van der Waals surface area contributed by atoms with Crippen LogP contribution in [0.2, 0.25) is 0 Å². The van der Waals surface area contributed by atoms with E-state index < -0.39 is 0 Å². The van der Waals surface area contributed by atoms with Crippen LogP contribution in [0, 0.1) is 18.3 Å². The third-order valence-electron chi connectivity index (χ3n) is 4.00. The number of carbonyl (C=O) groups is 1. The second-order valence-electron chi connectivity index (χ2n) is 5.75. The van der Waals surface area contributed by atoms with Gasteiger partial charge in [-0.2, -0.15) is 5.26 Å². The van der Waals surface area contributed by atoms with Gasteiger partial charge in [0.25, 0.3) is 0 Å². The molecule has 0 spiro atoms. The van der Waals surface area contributed by atoms with Gasteiger partial charge in [-0.1, -0.05) is 60.7 Å². The second kappa shape index (κ2) is 7.78. The van der Waals surface area contributed by atoms with Crippen molar-refractivity contribution in [3.05, 3.63) is 76.7 Å². The van der Waals surface area contributed by atoms with Crippen molar-refractivity contribution in [2.75, 3.05) is 5.32 Å². The van der Waals surface area contributed by atoms with Crippen molar-refractivity contribution < 1.29 is 4.79 Å². The molecule has 3 aromatic rings. The SMILES string of the molecule is Cc1sc(NC(=O)CCc2ccccc2)c(C#N)c1-c1ccccc1. The smallest absolute Gasteiger partial charge is 0.225 e. The molecular weight excluding hydrogens is 328 g/mol. The van der Waals surface area contributed by atoms with Crippen molar-refractivity contribution in [1.82, 2.24) is 0 Å². The summed E-state index contributed by atoms with van der Waals surface area (Å²) in [6, 6.07) is 22.0. The molecule has 3 rings (SSSR count). The molecule has 25 heavy (non-hydrogen) atoms. The number of carbonyl (C=O) groups excluding carboxylic acids is 1. The predicted octanol–water partition coefficient (Wildman–Crippen LogP) is 5.17. The Morgan fingerprint density at radius 3 is 2.36 bits per heavy atom. The number of thiophene rings is 1. The Bertz CT molecular complexity index is 908. The third-order valence-corrected chi connectivity index (χ3v) is 5.02. The van der Waals surface area contributed by atoms with E-state index in [1.165, 1.54) is 11.3 Å². The molecule has 1 N–H and O–H groups in total. The maximum Gasteiger partial charge on any atom is 0.225 e. The molecule has 0 aliphatic carbocycles. The largest absolute Gasteiger partial charge is 0.317 e. The minimum Gasteiger partial charge on any atom is -0.317 e. The Labute approximate surface area is 151 Å². The number of nitrogens with one attached hydrogen (secondary N) is 1. The van der Waals surface area contributed by atoms with E-state index in [9.17, 15) is 10.1 Å². The van der Waals surface area contributed by atoms with Gasteiger partial charge in [0.2, 0.25) is 5.91 Å². The Hall–Kier alpha value is -2.90. The number of aryl methyl sites for hydroxylation is 2. The van der Waals surface area contributed by atoms with Crippen molar-refractivity contribution in [1.29, 1.82) is 5.26 Å². The summed E-state index contributed by atoms with van der Waals surface area (Å²) in [6.07, 6.45) is 1.08. The highest BCUT2D eigenvalue weighted by atomic mass is 32.1. The Morgan fingerprint density at radius 1 is 1.08 bits per heavy atom. The number of nitrogens with zero attached hydrogens (tertiary/aromatic N) is 1. The number of benzene rings is 2. The molecule has 2 aromatic carbocycles. The number of anilines is 1. The molecule has 0 aliphatic heterocycles. The first-order chi connectivity index (χ1) is 12.2. The number of rotatable bonds is 5. The van der Waals surface area contributed by atoms with Crippen LogP contribution in [0.4, 0.5) is 5.00 Å². The molecule has 0 saturated carbocycles. The van der Waals surface area contributed by atoms with Crippen LogP contribution in [0.15, 0.2) is 60.7 Å². The molecule has 124 valence electrons. The zero-order chi connectivity index (χ0) is 17.6. The van der Waals surface area contributed by atoms with Crippen LogP contribution in [0.5, 0.6) is 0 Å². The molecule has 0 fully saturated rings. The van der Waals surface area contributed by atoms with Gasteiger partial charge in [-0.15, -0.1) is 11.3 Å². The first-order valence-electron chi connectivity index (χ1n) is 8.11. The van der Waals surface area contributed by atoms with Crippen LogP contribution in [-0.2, 0) is 11.2 Å². The summed E-state index contributed by atoms with van der Waals surface area (Å²) < 4.78 is 0. The highest BCUT2D eigenvalue weighted by Gasteiger charge is 2.18. The van der Waals surface area contributed by atoms with Crippen molar-refractivity contribution in [3.8, 4) is 17.2 Å². The molecule has 0 saturated heterocycles. The van der Waals surface area contributed by atoms with Gasteiger partial charge in [-0.3, -0.25) is 4.79 Å². The fraction of sp³-hybridized carbons (Fsp3) is 0.143. The molecule has 0 radical (unpaired) electrons. The Morgan fingerprint density at radius 2 is 1.72 bits per heavy atom. The zero-order valence-electron chi connectivity index (χ0n) is 14.0. The first-order valence-corrected chi connectivity index (χ1v) is 8.93. The molecule has 1 amide bonds. The summed E-state index contributed by atoms with van der Waals surface area (Å²) in [5.41, 5.74) is 3.58. The summed E-state index contributed by atoms with van der Waals surface area (Å²) in [7, 11) is 0. The average molecular weight is 346 g/mol. The van der Waals surface area contributed by atoms with E-state index in [0.717, 1.165) is 21.6 Å². The molecule has 4 heteroatoms. The number of nitriles is 1. The number of hydrogen-bond donors (Lipinski definition) is 1. The summed E-state index contributed by atoms with van der Waals surface area (Å²) in [5.74, 6) is -0.0683. The molecule has 1 heterocycles. The second-order valence-corrected chi connectivity index (χ2v) is 6.97. The highest BCUT2D eigenvalue weighted by Crippen LogP contribution is 2.39. The molecule has 0 bridgehead atoms. The normalized spacial score (nSPS) is 10.2. The number of amides is 1. The van der Waals surface area contributed by atoms with Crippen molar-refractivity contribution in [3.63, 3.8) is 0 Å². The zero-order valence-corrected chi connectivity index (χ0v) is 14.8. The maximum absolute atomic E-state index is 12.3. The predicted molar refractivity (Wildman–Crippen MR) is 103 cm³/mol. The molecule has 3 nitrogen and oxygen atoms in total. The lowest BCUT2D eigenvalue weighted by molar-refractivity contribution is -0.116. The van der Waals surface area contributed by atoms with Crippen LogP contribution in [0.25, 0.3) is 11.1 Å². The molecular formula is C21H18N2OS. The van der Waals surface area contributed by atoms with E-state index in [4.69, 9.17) is 0 Å². The molecule has 1 aromatic heterocycles. The van der Waals surface area contributed by atoms with Crippen LogP contribution in [0.3, 0.4) is 0 Å². The summed E-state index contributed by atoms with van der Waals surface area (Å²) in [4.78, 5) is 13.3. The fourth-order valence-electron chi connectivity index (χ4n) is 2.78. The van der Waals surface area contributed by atoms with Gasteiger partial charge in [0.15, 0.2) is 0 Å². The summed E-state index contributed by atoms with van der Waals surface area (Å²) in [5, 5.41) is 13.2. The van der Waals surface area contributed by atoms with E-state index >= 15 is 0 Å². The molecule has 0 aliphatic rings. The van der Waals surface area contributed by atoms with Crippen LogP contribution < -0.4 is 5.32 Å². The summed E-state index contributed by atoms with van der Waals surface area (Å²) >= 11 is 1.46. The van der Waals surface area contributed by atoms with Crippen LogP contribution in [0.1, 0.15) is 22.4 Å². The van der Waals surface area contributed by atoms with Gasteiger partial charge in [0.05, 0.1) is 5.56 Å². The van der Waals surface area contributed by atoms with E-state index in [1.54, 1.807) is 0 Å². The molecule has 0 unspecified atom stereocenters. The lowest BCUT2D eigenvalue weighted by Crippen LogP contribution is -2.12.